The van der Waals surface area contributed by atoms with Crippen molar-refractivity contribution in [3.05, 3.63) is 97.2 Å². The van der Waals surface area contributed by atoms with E-state index in [1.165, 1.54) is 199 Å². The van der Waals surface area contributed by atoms with Gasteiger partial charge in [0, 0.05) is 19.3 Å². The molecule has 0 saturated carbocycles. The fourth-order valence-corrected chi connectivity index (χ4v) is 10.2. The number of hydrogen-bond acceptors (Lipinski definition) is 6. The molecule has 6 nitrogen and oxygen atoms in total. The summed E-state index contributed by atoms with van der Waals surface area (Å²) < 4.78 is 17.0. The van der Waals surface area contributed by atoms with E-state index in [2.05, 4.69) is 118 Å². The highest BCUT2D eigenvalue weighted by Gasteiger charge is 2.19. The first-order chi connectivity index (χ1) is 41.0. The minimum atomic E-state index is -0.787. The molecule has 0 radical (unpaired) electrons. The van der Waals surface area contributed by atoms with Crippen LogP contribution in [0.25, 0.3) is 0 Å². The molecule has 0 aliphatic heterocycles. The van der Waals surface area contributed by atoms with Crippen LogP contribution in [0.15, 0.2) is 97.2 Å². The van der Waals surface area contributed by atoms with E-state index in [0.717, 1.165) is 116 Å². The summed E-state index contributed by atoms with van der Waals surface area (Å²) in [6, 6.07) is 0. The van der Waals surface area contributed by atoms with E-state index in [0.29, 0.717) is 19.3 Å². The Kier molecular flexibility index (Phi) is 67.7. The molecule has 0 aliphatic carbocycles. The van der Waals surface area contributed by atoms with Gasteiger partial charge in [-0.15, -0.1) is 0 Å². The van der Waals surface area contributed by atoms with Gasteiger partial charge in [0.05, 0.1) is 0 Å². The second-order valence-electron chi connectivity index (χ2n) is 23.8. The summed E-state index contributed by atoms with van der Waals surface area (Å²) in [5, 5.41) is 0. The van der Waals surface area contributed by atoms with E-state index in [1.54, 1.807) is 0 Å². The average Bonchev–Trinajstić information content (AvgIpc) is 3.50. The van der Waals surface area contributed by atoms with E-state index in [1.807, 2.05) is 0 Å². The van der Waals surface area contributed by atoms with Gasteiger partial charge in [0.25, 0.3) is 0 Å². The standard InChI is InChI=1S/C77H134O6/c1-4-7-10-13-16-19-22-25-28-31-34-36-37-38-39-41-43-46-49-52-55-58-61-64-67-70-76(79)82-73-74(72-81-75(78)69-66-63-60-57-54-51-48-45-42-33-30-27-24-21-18-15-12-9-6-3)83-77(80)71-68-65-62-59-56-53-50-47-44-40-35-32-29-26-23-20-17-14-11-8-5-2/h7,10,16,18-19,21,25,27-28,30,34,36,38-39,42,45,74H,4-6,8-9,11-15,17,20,22-24,26,29,31-33,35,37,40-41,43-44,46-73H2,1-3H3/b10-7-,19-16-,21-18-,28-25-,30-27-,36-34-,39-38-,45-42-. The van der Waals surface area contributed by atoms with Gasteiger partial charge < -0.3 is 14.2 Å². The van der Waals surface area contributed by atoms with Crippen LogP contribution in [0.3, 0.4) is 0 Å². The molecule has 0 aromatic carbocycles. The summed E-state index contributed by atoms with van der Waals surface area (Å²) in [6.45, 7) is 6.54. The lowest BCUT2D eigenvalue weighted by Gasteiger charge is -2.18. The highest BCUT2D eigenvalue weighted by atomic mass is 16.6. The molecule has 0 amide bonds. The van der Waals surface area contributed by atoms with Crippen LogP contribution in [0.4, 0.5) is 0 Å². The topological polar surface area (TPSA) is 78.9 Å². The minimum absolute atomic E-state index is 0.0824. The smallest absolute Gasteiger partial charge is 0.306 e. The van der Waals surface area contributed by atoms with E-state index >= 15 is 0 Å². The molecule has 0 fully saturated rings. The maximum Gasteiger partial charge on any atom is 0.306 e. The summed E-state index contributed by atoms with van der Waals surface area (Å²) in [4.78, 5) is 38.5. The number of allylic oxidation sites excluding steroid dienone is 16. The van der Waals surface area contributed by atoms with Gasteiger partial charge in [0.2, 0.25) is 0 Å². The molecule has 0 heterocycles. The molecular weight excluding hydrogens is 1020 g/mol. The summed E-state index contributed by atoms with van der Waals surface area (Å²) >= 11 is 0. The molecule has 0 bridgehead atoms. The predicted octanol–water partition coefficient (Wildman–Crippen LogP) is 24.8. The monoisotopic (exact) mass is 1160 g/mol. The Bertz CT molecular complexity index is 1610. The number of hydrogen-bond donors (Lipinski definition) is 0. The van der Waals surface area contributed by atoms with Crippen LogP contribution in [-0.4, -0.2) is 37.2 Å². The van der Waals surface area contributed by atoms with Crippen LogP contribution in [0.2, 0.25) is 0 Å². The summed E-state index contributed by atoms with van der Waals surface area (Å²) in [6.07, 6.45) is 95.6. The number of esters is 3. The number of unbranched alkanes of at least 4 members (excludes halogenated alkanes) is 38. The summed E-state index contributed by atoms with van der Waals surface area (Å²) in [7, 11) is 0. The van der Waals surface area contributed by atoms with E-state index < -0.39 is 6.10 Å². The molecule has 83 heavy (non-hydrogen) atoms. The largest absolute Gasteiger partial charge is 0.462 e. The van der Waals surface area contributed by atoms with Crippen molar-refractivity contribution in [2.24, 2.45) is 0 Å². The fraction of sp³-hybridized carbons (Fsp3) is 0.753. The van der Waals surface area contributed by atoms with Crippen LogP contribution in [0.1, 0.15) is 355 Å². The average molecular weight is 1160 g/mol. The lowest BCUT2D eigenvalue weighted by molar-refractivity contribution is -0.167. The Labute approximate surface area is 515 Å². The number of carbonyl (C=O) groups is 3. The van der Waals surface area contributed by atoms with Crippen LogP contribution in [0.5, 0.6) is 0 Å². The molecule has 6 heteroatoms. The van der Waals surface area contributed by atoms with Crippen molar-refractivity contribution in [1.82, 2.24) is 0 Å². The van der Waals surface area contributed by atoms with Gasteiger partial charge in [0.1, 0.15) is 13.2 Å². The van der Waals surface area contributed by atoms with Crippen molar-refractivity contribution in [2.45, 2.75) is 361 Å². The minimum Gasteiger partial charge on any atom is -0.462 e. The SMILES string of the molecule is CC/C=C\C/C=C\C/C=C\C/C=C\C/C=C\CCCCCCCCCCCC(=O)OCC(COC(=O)CCCCCCCC/C=C\C/C=C\C/C=C\CCCCC)OC(=O)CCCCCCCCCCCCCCCCCCCCCCC. The Hall–Kier alpha value is -3.67. The first-order valence-corrected chi connectivity index (χ1v) is 35.7. The maximum absolute atomic E-state index is 13.0. The molecular formula is C77H134O6. The van der Waals surface area contributed by atoms with Gasteiger partial charge in [-0.05, 0) is 103 Å². The van der Waals surface area contributed by atoms with E-state index in [-0.39, 0.29) is 31.1 Å². The highest BCUT2D eigenvalue weighted by molar-refractivity contribution is 5.71. The number of rotatable bonds is 65. The van der Waals surface area contributed by atoms with Crippen molar-refractivity contribution in [1.29, 1.82) is 0 Å². The Morgan fingerprint density at radius 3 is 0.759 bits per heavy atom. The van der Waals surface area contributed by atoms with E-state index in [4.69, 9.17) is 14.2 Å². The van der Waals surface area contributed by atoms with Crippen LogP contribution in [0, 0.1) is 0 Å². The van der Waals surface area contributed by atoms with Gasteiger partial charge >= 0.3 is 17.9 Å². The normalized spacial score (nSPS) is 12.7. The van der Waals surface area contributed by atoms with Gasteiger partial charge in [-0.25, -0.2) is 0 Å². The summed E-state index contributed by atoms with van der Waals surface area (Å²) in [5.41, 5.74) is 0. The molecule has 0 aromatic heterocycles. The van der Waals surface area contributed by atoms with Gasteiger partial charge in [0.15, 0.2) is 6.10 Å². The zero-order chi connectivity index (χ0) is 59.9. The summed E-state index contributed by atoms with van der Waals surface area (Å²) in [5.74, 6) is -0.881. The Balaban J connectivity index is 4.38. The highest BCUT2D eigenvalue weighted by Crippen LogP contribution is 2.18. The van der Waals surface area contributed by atoms with Gasteiger partial charge in [-0.2, -0.15) is 0 Å². The first-order valence-electron chi connectivity index (χ1n) is 35.7. The second-order valence-corrected chi connectivity index (χ2v) is 23.8. The van der Waals surface area contributed by atoms with Crippen molar-refractivity contribution < 1.29 is 28.6 Å². The Morgan fingerprint density at radius 1 is 0.253 bits per heavy atom. The maximum atomic E-state index is 13.0. The fourth-order valence-electron chi connectivity index (χ4n) is 10.2. The molecule has 1 atom stereocenters. The van der Waals surface area contributed by atoms with Crippen LogP contribution >= 0.6 is 0 Å². The third-order valence-corrected chi connectivity index (χ3v) is 15.6. The zero-order valence-electron chi connectivity index (χ0n) is 54.9. The van der Waals surface area contributed by atoms with E-state index in [9.17, 15) is 14.4 Å². The number of ether oxygens (including phenoxy) is 3. The second kappa shape index (κ2) is 70.8. The quantitative estimate of drug-likeness (QED) is 0.0261. The molecule has 0 saturated heterocycles. The third kappa shape index (κ3) is 69.0. The lowest BCUT2D eigenvalue weighted by atomic mass is 10.0. The lowest BCUT2D eigenvalue weighted by Crippen LogP contribution is -2.30. The molecule has 0 aromatic rings. The molecule has 1 unspecified atom stereocenters. The molecule has 0 aliphatic rings. The predicted molar refractivity (Wildman–Crippen MR) is 362 cm³/mol. The van der Waals surface area contributed by atoms with Crippen molar-refractivity contribution >= 4 is 17.9 Å². The molecule has 478 valence electrons. The first kappa shape index (κ1) is 79.3. The van der Waals surface area contributed by atoms with Crippen LogP contribution in [-0.2, 0) is 28.6 Å². The van der Waals surface area contributed by atoms with Gasteiger partial charge in [-0.1, -0.05) is 330 Å². The molecule has 0 spiro atoms. The molecule has 0 rings (SSSR count). The van der Waals surface area contributed by atoms with Crippen molar-refractivity contribution in [3.8, 4) is 0 Å². The van der Waals surface area contributed by atoms with Crippen LogP contribution < -0.4 is 0 Å². The third-order valence-electron chi connectivity index (χ3n) is 15.6. The Morgan fingerprint density at radius 2 is 0.470 bits per heavy atom. The van der Waals surface area contributed by atoms with Crippen molar-refractivity contribution in [3.63, 3.8) is 0 Å². The van der Waals surface area contributed by atoms with Crippen molar-refractivity contribution in [2.75, 3.05) is 13.2 Å². The molecule has 0 N–H and O–H groups in total. The zero-order valence-corrected chi connectivity index (χ0v) is 54.9. The van der Waals surface area contributed by atoms with Gasteiger partial charge in [-0.3, -0.25) is 14.4 Å². The number of carbonyl (C=O) groups excluding carboxylic acids is 3.